The number of rotatable bonds is 5. The predicted molar refractivity (Wildman–Crippen MR) is 74.6 cm³/mol. The lowest BCUT2D eigenvalue weighted by Gasteiger charge is -2.27. The molecular formula is C12H18FN3O3S. The van der Waals surface area contributed by atoms with E-state index in [0.29, 0.717) is 32.8 Å². The van der Waals surface area contributed by atoms with Crippen molar-refractivity contribution in [2.24, 2.45) is 0 Å². The number of halogens is 1. The zero-order chi connectivity index (χ0) is 14.6. The average molecular weight is 303 g/mol. The first-order valence-electron chi connectivity index (χ1n) is 6.44. The second-order valence-corrected chi connectivity index (χ2v) is 6.00. The van der Waals surface area contributed by atoms with Crippen LogP contribution in [0.1, 0.15) is 6.92 Å². The summed E-state index contributed by atoms with van der Waals surface area (Å²) in [7, 11) is -3.65. The van der Waals surface area contributed by atoms with Crippen molar-refractivity contribution < 1.29 is 17.5 Å². The van der Waals surface area contributed by atoms with Crippen LogP contribution in [0, 0.1) is 5.82 Å². The van der Waals surface area contributed by atoms with Gasteiger partial charge in [-0.15, -0.1) is 0 Å². The maximum absolute atomic E-state index is 13.2. The molecule has 20 heavy (non-hydrogen) atoms. The summed E-state index contributed by atoms with van der Waals surface area (Å²) < 4.78 is 46.7. The molecule has 0 radical (unpaired) electrons. The van der Waals surface area contributed by atoms with Crippen molar-refractivity contribution in [2.45, 2.75) is 6.92 Å². The standard InChI is InChI=1S/C12H18FN3O3S/c1-2-19-12-9-10(13)3-4-11(12)15-20(17,18)16-7-5-14-6-8-16/h3-4,9,14-15H,2,5-8H2,1H3. The van der Waals surface area contributed by atoms with Gasteiger partial charge in [-0.3, -0.25) is 4.72 Å². The Morgan fingerprint density at radius 2 is 2.10 bits per heavy atom. The lowest BCUT2D eigenvalue weighted by atomic mass is 10.3. The van der Waals surface area contributed by atoms with E-state index < -0.39 is 16.0 Å². The van der Waals surface area contributed by atoms with Crippen molar-refractivity contribution in [3.63, 3.8) is 0 Å². The molecule has 1 aromatic carbocycles. The van der Waals surface area contributed by atoms with E-state index in [2.05, 4.69) is 10.0 Å². The summed E-state index contributed by atoms with van der Waals surface area (Å²) in [5.41, 5.74) is 0.242. The predicted octanol–water partition coefficient (Wildman–Crippen LogP) is 0.786. The van der Waals surface area contributed by atoms with Crippen LogP contribution < -0.4 is 14.8 Å². The van der Waals surface area contributed by atoms with E-state index in [1.807, 2.05) is 0 Å². The first kappa shape index (κ1) is 15.0. The summed E-state index contributed by atoms with van der Waals surface area (Å²) in [6, 6.07) is 3.72. The molecule has 0 saturated carbocycles. The Labute approximate surface area is 118 Å². The quantitative estimate of drug-likeness (QED) is 0.843. The molecule has 2 N–H and O–H groups in total. The van der Waals surface area contributed by atoms with E-state index in [1.165, 1.54) is 22.5 Å². The fraction of sp³-hybridized carbons (Fsp3) is 0.500. The Balaban J connectivity index is 2.19. The number of hydrogen-bond donors (Lipinski definition) is 2. The molecule has 0 atom stereocenters. The molecule has 1 fully saturated rings. The zero-order valence-electron chi connectivity index (χ0n) is 11.2. The Morgan fingerprint density at radius 1 is 1.40 bits per heavy atom. The van der Waals surface area contributed by atoms with Gasteiger partial charge in [-0.25, -0.2) is 4.39 Å². The smallest absolute Gasteiger partial charge is 0.301 e. The summed E-state index contributed by atoms with van der Waals surface area (Å²) >= 11 is 0. The van der Waals surface area contributed by atoms with Gasteiger partial charge in [0.05, 0.1) is 12.3 Å². The van der Waals surface area contributed by atoms with Gasteiger partial charge in [-0.1, -0.05) is 0 Å². The highest BCUT2D eigenvalue weighted by Crippen LogP contribution is 2.27. The number of ether oxygens (including phenoxy) is 1. The van der Waals surface area contributed by atoms with Gasteiger partial charge in [0.25, 0.3) is 0 Å². The third-order valence-electron chi connectivity index (χ3n) is 2.90. The maximum Gasteiger partial charge on any atom is 0.301 e. The van der Waals surface area contributed by atoms with Crippen LogP contribution in [0.4, 0.5) is 10.1 Å². The second kappa shape index (κ2) is 6.38. The van der Waals surface area contributed by atoms with Crippen molar-refractivity contribution in [1.29, 1.82) is 0 Å². The maximum atomic E-state index is 13.2. The fourth-order valence-electron chi connectivity index (χ4n) is 1.94. The first-order valence-corrected chi connectivity index (χ1v) is 7.88. The van der Waals surface area contributed by atoms with Crippen molar-refractivity contribution in [3.8, 4) is 5.75 Å². The summed E-state index contributed by atoms with van der Waals surface area (Å²) in [5, 5.41) is 3.08. The normalized spacial score (nSPS) is 16.9. The van der Waals surface area contributed by atoms with Gasteiger partial charge in [0.1, 0.15) is 11.6 Å². The number of hydrogen-bond acceptors (Lipinski definition) is 4. The number of nitrogens with zero attached hydrogens (tertiary/aromatic N) is 1. The van der Waals surface area contributed by atoms with Gasteiger partial charge >= 0.3 is 10.2 Å². The minimum atomic E-state index is -3.65. The van der Waals surface area contributed by atoms with Gasteiger partial charge < -0.3 is 10.1 Å². The van der Waals surface area contributed by atoms with Crippen molar-refractivity contribution in [1.82, 2.24) is 9.62 Å². The van der Waals surface area contributed by atoms with Crippen LogP contribution >= 0.6 is 0 Å². The van der Waals surface area contributed by atoms with Gasteiger partial charge in [0, 0.05) is 32.2 Å². The fourth-order valence-corrected chi connectivity index (χ4v) is 3.18. The molecule has 1 aliphatic rings. The van der Waals surface area contributed by atoms with E-state index in [9.17, 15) is 12.8 Å². The van der Waals surface area contributed by atoms with E-state index in [-0.39, 0.29) is 11.4 Å². The van der Waals surface area contributed by atoms with Crippen molar-refractivity contribution in [3.05, 3.63) is 24.0 Å². The van der Waals surface area contributed by atoms with E-state index >= 15 is 0 Å². The third-order valence-corrected chi connectivity index (χ3v) is 4.42. The zero-order valence-corrected chi connectivity index (χ0v) is 12.0. The van der Waals surface area contributed by atoms with Crippen molar-refractivity contribution >= 4 is 15.9 Å². The molecule has 8 heteroatoms. The van der Waals surface area contributed by atoms with Crippen LogP contribution in [0.25, 0.3) is 0 Å². The van der Waals surface area contributed by atoms with Gasteiger partial charge in [0.15, 0.2) is 0 Å². The first-order chi connectivity index (χ1) is 9.53. The minimum Gasteiger partial charge on any atom is -0.492 e. The number of nitrogens with one attached hydrogen (secondary N) is 2. The average Bonchev–Trinajstić information content (AvgIpc) is 2.43. The topological polar surface area (TPSA) is 70.7 Å². The van der Waals surface area contributed by atoms with E-state index in [4.69, 9.17) is 4.74 Å². The molecule has 1 heterocycles. The second-order valence-electron chi connectivity index (χ2n) is 4.33. The molecule has 0 aromatic heterocycles. The Hall–Kier alpha value is -1.38. The summed E-state index contributed by atoms with van der Waals surface area (Å²) in [6.45, 7) is 4.11. The molecule has 1 aromatic rings. The van der Waals surface area contributed by atoms with E-state index in [0.717, 1.165) is 0 Å². The molecule has 0 bridgehead atoms. The molecule has 112 valence electrons. The number of anilines is 1. The van der Waals surface area contributed by atoms with Gasteiger partial charge in [-0.2, -0.15) is 12.7 Å². The minimum absolute atomic E-state index is 0.186. The number of piperazine rings is 1. The van der Waals surface area contributed by atoms with Crippen LogP contribution in [-0.4, -0.2) is 45.5 Å². The highest BCUT2D eigenvalue weighted by molar-refractivity contribution is 7.90. The monoisotopic (exact) mass is 303 g/mol. The van der Waals surface area contributed by atoms with Crippen LogP contribution in [0.3, 0.4) is 0 Å². The molecule has 0 aliphatic carbocycles. The molecule has 0 amide bonds. The molecule has 6 nitrogen and oxygen atoms in total. The van der Waals surface area contributed by atoms with Gasteiger partial charge in [-0.05, 0) is 19.1 Å². The Bertz CT molecular complexity index is 559. The van der Waals surface area contributed by atoms with Gasteiger partial charge in [0.2, 0.25) is 0 Å². The van der Waals surface area contributed by atoms with Crippen molar-refractivity contribution in [2.75, 3.05) is 37.5 Å². The van der Waals surface area contributed by atoms with E-state index in [1.54, 1.807) is 6.92 Å². The lowest BCUT2D eigenvalue weighted by molar-refractivity contribution is 0.339. The third kappa shape index (κ3) is 3.59. The van der Waals surface area contributed by atoms with Crippen LogP contribution in [0.2, 0.25) is 0 Å². The molecule has 0 unspecified atom stereocenters. The summed E-state index contributed by atoms with van der Waals surface area (Å²) in [6.07, 6.45) is 0. The lowest BCUT2D eigenvalue weighted by Crippen LogP contribution is -2.48. The Morgan fingerprint density at radius 3 is 2.75 bits per heavy atom. The Kier molecular flexibility index (Phi) is 4.79. The summed E-state index contributed by atoms with van der Waals surface area (Å²) in [5.74, 6) is -0.287. The molecule has 0 spiro atoms. The molecule has 2 rings (SSSR count). The SMILES string of the molecule is CCOc1cc(F)ccc1NS(=O)(=O)N1CCNCC1. The van der Waals surface area contributed by atoms with Crippen LogP contribution in [0.15, 0.2) is 18.2 Å². The highest BCUT2D eigenvalue weighted by atomic mass is 32.2. The van der Waals surface area contributed by atoms with Crippen LogP contribution in [0.5, 0.6) is 5.75 Å². The molecule has 1 saturated heterocycles. The largest absolute Gasteiger partial charge is 0.492 e. The number of benzene rings is 1. The molecule has 1 aliphatic heterocycles. The highest BCUT2D eigenvalue weighted by Gasteiger charge is 2.24. The molecular weight excluding hydrogens is 285 g/mol. The van der Waals surface area contributed by atoms with Crippen LogP contribution in [-0.2, 0) is 10.2 Å². The summed E-state index contributed by atoms with van der Waals surface area (Å²) in [4.78, 5) is 0.